The van der Waals surface area contributed by atoms with Gasteiger partial charge in [0.15, 0.2) is 0 Å². The lowest BCUT2D eigenvalue weighted by molar-refractivity contribution is 0.354. The standard InChI is InChI=1S/C5H6N2OS.C2H7O2PS2/c8-5-2-1-3-6-7(5)4-9;1-3-5(6,7)4-2/h1-3,9H,4H2;1-2H3,(H,6,7)/p-1. The van der Waals surface area contributed by atoms with Gasteiger partial charge in [-0.3, -0.25) is 4.79 Å². The summed E-state index contributed by atoms with van der Waals surface area (Å²) >= 11 is 13.1. The number of nitrogens with zero attached hydrogens (tertiary/aromatic N) is 2. The van der Waals surface area contributed by atoms with Crippen LogP contribution in [0.15, 0.2) is 23.1 Å². The number of hydrogen-bond donors (Lipinski definition) is 1. The molecule has 0 aliphatic rings. The van der Waals surface area contributed by atoms with Gasteiger partial charge in [-0.2, -0.15) is 17.7 Å². The second-order valence-corrected chi connectivity index (χ2v) is 7.80. The van der Waals surface area contributed by atoms with E-state index in [0.29, 0.717) is 5.88 Å². The van der Waals surface area contributed by atoms with Crippen LogP contribution in [0.3, 0.4) is 0 Å². The summed E-state index contributed by atoms with van der Waals surface area (Å²) < 4.78 is 10.5. The molecular weight excluding hydrogens is 287 g/mol. The van der Waals surface area contributed by atoms with Crippen LogP contribution in [0.2, 0.25) is 0 Å². The molecule has 0 N–H and O–H groups in total. The maximum atomic E-state index is 10.7. The van der Waals surface area contributed by atoms with Crippen LogP contribution < -0.4 is 5.56 Å². The van der Waals surface area contributed by atoms with Crippen molar-refractivity contribution < 1.29 is 9.05 Å². The Bertz CT molecular complexity index is 404. The van der Waals surface area contributed by atoms with E-state index in [1.807, 2.05) is 0 Å². The number of aromatic nitrogens is 2. The highest BCUT2D eigenvalue weighted by molar-refractivity contribution is 8.51. The highest BCUT2D eigenvalue weighted by Gasteiger charge is 1.89. The molecule has 5 nitrogen and oxygen atoms in total. The van der Waals surface area contributed by atoms with Crippen molar-refractivity contribution in [1.29, 1.82) is 0 Å². The highest BCUT2D eigenvalue weighted by atomic mass is 32.9. The molecule has 0 fully saturated rings. The Morgan fingerprint density at radius 2 is 2.19 bits per heavy atom. The number of thiol groups is 1. The smallest absolute Gasteiger partial charge is 0.267 e. The van der Waals surface area contributed by atoms with Gasteiger partial charge in [0.25, 0.3) is 5.56 Å². The van der Waals surface area contributed by atoms with Crippen molar-refractivity contribution >= 4 is 42.4 Å². The summed E-state index contributed by atoms with van der Waals surface area (Å²) in [5.74, 6) is 0.333. The second-order valence-electron chi connectivity index (χ2n) is 2.32. The van der Waals surface area contributed by atoms with E-state index in [0.717, 1.165) is 0 Å². The van der Waals surface area contributed by atoms with E-state index in [2.05, 4.69) is 50.8 Å². The molecule has 1 rings (SSSR count). The van der Waals surface area contributed by atoms with E-state index in [1.54, 1.807) is 12.3 Å². The third kappa shape index (κ3) is 6.67. The Balaban J connectivity index is 0.000000293. The lowest BCUT2D eigenvalue weighted by Crippen LogP contribution is -2.18. The number of hydrogen-bond acceptors (Lipinski definition) is 7. The van der Waals surface area contributed by atoms with Crippen LogP contribution >= 0.6 is 18.3 Å². The van der Waals surface area contributed by atoms with E-state index in [-0.39, 0.29) is 5.56 Å². The zero-order valence-electron chi connectivity index (χ0n) is 8.77. The van der Waals surface area contributed by atoms with E-state index >= 15 is 0 Å². The van der Waals surface area contributed by atoms with Crippen molar-refractivity contribution in [3.63, 3.8) is 0 Å². The summed E-state index contributed by atoms with van der Waals surface area (Å²) in [7, 11) is 2.91. The summed E-state index contributed by atoms with van der Waals surface area (Å²) in [5.41, 5.74) is -2.36. The van der Waals surface area contributed by atoms with Crippen molar-refractivity contribution in [2.75, 3.05) is 14.2 Å². The van der Waals surface area contributed by atoms with Crippen LogP contribution in [-0.2, 0) is 39.0 Å². The molecule has 0 spiro atoms. The summed E-state index contributed by atoms with van der Waals surface area (Å²) in [6, 6.07) is 3.05. The minimum atomic E-state index is -2.24. The molecule has 0 bridgehead atoms. The molecule has 1 heterocycles. The molecule has 0 radical (unpaired) electrons. The van der Waals surface area contributed by atoms with Gasteiger partial charge in [0.05, 0.1) is 11.6 Å². The quantitative estimate of drug-likeness (QED) is 0.514. The van der Waals surface area contributed by atoms with Crippen molar-refractivity contribution in [2.45, 2.75) is 5.88 Å². The molecule has 0 aromatic carbocycles. The molecule has 0 saturated heterocycles. The first-order valence-corrected chi connectivity index (χ1v) is 8.30. The zero-order chi connectivity index (χ0) is 12.6. The third-order valence-electron chi connectivity index (χ3n) is 1.37. The van der Waals surface area contributed by atoms with Crippen LogP contribution in [-0.4, -0.2) is 24.0 Å². The zero-order valence-corrected chi connectivity index (χ0v) is 12.2. The van der Waals surface area contributed by atoms with Gasteiger partial charge in [0.2, 0.25) is 0 Å². The van der Waals surface area contributed by atoms with Crippen LogP contribution in [0.4, 0.5) is 0 Å². The minimum absolute atomic E-state index is 0.118. The predicted octanol–water partition coefficient (Wildman–Crippen LogP) is 1.18. The normalized spacial score (nSPS) is 10.5. The van der Waals surface area contributed by atoms with Gasteiger partial charge in [-0.15, -0.1) is 0 Å². The van der Waals surface area contributed by atoms with Gasteiger partial charge < -0.3 is 21.3 Å². The molecule has 0 aliphatic carbocycles. The molecule has 0 atom stereocenters. The maximum absolute atomic E-state index is 10.7. The molecule has 16 heavy (non-hydrogen) atoms. The lowest BCUT2D eigenvalue weighted by Gasteiger charge is -2.22. The third-order valence-corrected chi connectivity index (χ3v) is 4.32. The van der Waals surface area contributed by atoms with Gasteiger partial charge in [-0.1, -0.05) is 11.8 Å². The van der Waals surface area contributed by atoms with Gasteiger partial charge >= 0.3 is 0 Å². The molecule has 1 aromatic rings. The number of rotatable bonds is 3. The average Bonchev–Trinajstić information content (AvgIpc) is 2.30. The van der Waals surface area contributed by atoms with Crippen LogP contribution in [0, 0.1) is 0 Å². The molecule has 1 aromatic heterocycles. The van der Waals surface area contributed by atoms with Gasteiger partial charge in [0, 0.05) is 26.5 Å². The predicted molar refractivity (Wildman–Crippen MR) is 73.2 cm³/mol. The summed E-state index contributed by atoms with van der Waals surface area (Å²) in [4.78, 5) is 10.7. The van der Waals surface area contributed by atoms with Gasteiger partial charge in [0.1, 0.15) is 0 Å². The monoisotopic (exact) mass is 299 g/mol. The first kappa shape index (κ1) is 16.1. The summed E-state index contributed by atoms with van der Waals surface area (Å²) in [6.45, 7) is 0. The molecule has 0 amide bonds. The van der Waals surface area contributed by atoms with Gasteiger partial charge in [-0.25, -0.2) is 4.68 Å². The highest BCUT2D eigenvalue weighted by Crippen LogP contribution is 2.43. The second kappa shape index (κ2) is 8.27. The average molecular weight is 299 g/mol. The molecule has 9 heteroatoms. The van der Waals surface area contributed by atoms with E-state index in [9.17, 15) is 4.79 Å². The summed E-state index contributed by atoms with van der Waals surface area (Å²) in [6.07, 6.45) is 1.55. The fraction of sp³-hybridized carbons (Fsp3) is 0.429. The molecule has 0 aliphatic heterocycles. The van der Waals surface area contributed by atoms with Crippen molar-refractivity contribution in [3.05, 3.63) is 28.7 Å². The van der Waals surface area contributed by atoms with E-state index in [1.165, 1.54) is 25.0 Å². The van der Waals surface area contributed by atoms with Crippen molar-refractivity contribution in [1.82, 2.24) is 9.78 Å². The Hall–Kier alpha value is 0.150. The molecular formula is C7H12N2O3PS3-. The van der Waals surface area contributed by atoms with Crippen molar-refractivity contribution in [3.8, 4) is 0 Å². The molecule has 92 valence electrons. The first-order chi connectivity index (χ1) is 7.46. The molecule has 0 saturated carbocycles. The maximum Gasteiger partial charge on any atom is 0.267 e. The largest absolute Gasteiger partial charge is 0.691 e. The van der Waals surface area contributed by atoms with Crippen molar-refractivity contribution in [2.24, 2.45) is 0 Å². The fourth-order valence-electron chi connectivity index (χ4n) is 0.568. The summed E-state index contributed by atoms with van der Waals surface area (Å²) in [5, 5.41) is 3.72. The Labute approximate surface area is 110 Å². The Morgan fingerprint density at radius 3 is 2.44 bits per heavy atom. The van der Waals surface area contributed by atoms with Gasteiger partial charge in [-0.05, 0) is 6.07 Å². The minimum Gasteiger partial charge on any atom is -0.691 e. The lowest BCUT2D eigenvalue weighted by atomic mass is 10.6. The Kier molecular flexibility index (Phi) is 8.35. The topological polar surface area (TPSA) is 53.4 Å². The van der Waals surface area contributed by atoms with E-state index in [4.69, 9.17) is 0 Å². The van der Waals surface area contributed by atoms with E-state index < -0.39 is 5.69 Å². The fourth-order valence-corrected chi connectivity index (χ4v) is 0.929. The van der Waals surface area contributed by atoms with Crippen LogP contribution in [0.25, 0.3) is 0 Å². The van der Waals surface area contributed by atoms with Crippen LogP contribution in [0.5, 0.6) is 0 Å². The van der Waals surface area contributed by atoms with Crippen LogP contribution in [0.1, 0.15) is 0 Å². The first-order valence-electron chi connectivity index (χ1n) is 4.02. The SMILES string of the molecule is COP(=S)([S-])OC.O=c1cccnn1CS. The Morgan fingerprint density at radius 1 is 1.62 bits per heavy atom. The molecule has 0 unspecified atom stereocenters.